The van der Waals surface area contributed by atoms with Crippen LogP contribution in [-0.2, 0) is 17.4 Å². The van der Waals surface area contributed by atoms with E-state index in [2.05, 4.69) is 90.4 Å². The van der Waals surface area contributed by atoms with Gasteiger partial charge in [-0.1, -0.05) is 59.7 Å². The number of nitrogens with two attached hydrogens (primary N) is 2. The third-order valence-corrected chi connectivity index (χ3v) is 8.79. The molecule has 2 aromatic heterocycles. The summed E-state index contributed by atoms with van der Waals surface area (Å²) in [7, 11) is 0. The molecule has 1 fully saturated rings. The van der Waals surface area contributed by atoms with Gasteiger partial charge in [0.15, 0.2) is 5.82 Å². The fraction of sp³-hybridized carbons (Fsp3) is 0.581. The molecule has 0 spiro atoms. The minimum atomic E-state index is -0.0435. The molecular formula is C31H46N6OS. The molecule has 0 unspecified atom stereocenters. The number of benzene rings is 1. The van der Waals surface area contributed by atoms with Gasteiger partial charge in [0.1, 0.15) is 18.1 Å². The van der Waals surface area contributed by atoms with E-state index in [0.29, 0.717) is 29.9 Å². The fourth-order valence-electron chi connectivity index (χ4n) is 5.48. The van der Waals surface area contributed by atoms with Crippen molar-refractivity contribution in [1.29, 1.82) is 0 Å². The average molecular weight is 551 g/mol. The molecule has 0 atom stereocenters. The number of aromatic nitrogens is 3. The number of ether oxygens (including phenoxy) is 1. The molecule has 212 valence electrons. The number of nitrogens with zero attached hydrogens (tertiary/aromatic N) is 4. The van der Waals surface area contributed by atoms with Crippen molar-refractivity contribution in [1.82, 2.24) is 19.9 Å². The number of thiazole rings is 1. The Labute approximate surface area is 238 Å². The molecule has 0 bridgehead atoms. The van der Waals surface area contributed by atoms with Crippen molar-refractivity contribution in [2.24, 2.45) is 0 Å². The van der Waals surface area contributed by atoms with Gasteiger partial charge in [0, 0.05) is 11.5 Å². The summed E-state index contributed by atoms with van der Waals surface area (Å²) in [5, 5.41) is 1.07. The maximum Gasteiger partial charge on any atom is 0.258 e. The molecule has 1 aliphatic rings. The second kappa shape index (κ2) is 10.7. The summed E-state index contributed by atoms with van der Waals surface area (Å²) in [5.74, 6) is 1.49. The number of hydrogen-bond donors (Lipinski definition) is 2. The molecular weight excluding hydrogens is 504 g/mol. The molecule has 4 rings (SSSR count). The Morgan fingerprint density at radius 1 is 0.923 bits per heavy atom. The van der Waals surface area contributed by atoms with Crippen molar-refractivity contribution in [3.63, 3.8) is 0 Å². The zero-order valence-corrected chi connectivity index (χ0v) is 26.0. The maximum absolute atomic E-state index is 6.40. The lowest BCUT2D eigenvalue weighted by molar-refractivity contribution is 0.102. The van der Waals surface area contributed by atoms with Crippen molar-refractivity contribution < 1.29 is 4.74 Å². The van der Waals surface area contributed by atoms with Crippen LogP contribution in [0.2, 0.25) is 0 Å². The molecule has 4 N–H and O–H groups in total. The smallest absolute Gasteiger partial charge is 0.258 e. The monoisotopic (exact) mass is 550 g/mol. The van der Waals surface area contributed by atoms with Gasteiger partial charge in [-0.3, -0.25) is 4.90 Å². The highest BCUT2D eigenvalue weighted by Crippen LogP contribution is 2.40. The van der Waals surface area contributed by atoms with E-state index >= 15 is 0 Å². The van der Waals surface area contributed by atoms with E-state index in [9.17, 15) is 0 Å². The lowest BCUT2D eigenvalue weighted by Crippen LogP contribution is -2.45. The van der Waals surface area contributed by atoms with Crippen LogP contribution in [0.15, 0.2) is 24.4 Å². The van der Waals surface area contributed by atoms with E-state index in [4.69, 9.17) is 26.2 Å². The number of rotatable bonds is 5. The lowest BCUT2D eigenvalue weighted by Gasteiger charge is -2.40. The maximum atomic E-state index is 6.40. The number of nitrogen functional groups attached to an aromatic ring is 2. The zero-order valence-electron chi connectivity index (χ0n) is 25.2. The van der Waals surface area contributed by atoms with Crippen LogP contribution in [0.25, 0.3) is 10.6 Å². The summed E-state index contributed by atoms with van der Waals surface area (Å²) in [6, 6.07) is 6.45. The first-order valence-electron chi connectivity index (χ1n) is 14.0. The van der Waals surface area contributed by atoms with Gasteiger partial charge in [-0.15, -0.1) is 11.3 Å². The van der Waals surface area contributed by atoms with Gasteiger partial charge in [0.25, 0.3) is 5.88 Å². The van der Waals surface area contributed by atoms with Crippen LogP contribution in [0.3, 0.4) is 0 Å². The summed E-state index contributed by atoms with van der Waals surface area (Å²) in [6.07, 6.45) is 3.82. The molecule has 1 aliphatic heterocycles. The highest BCUT2D eigenvalue weighted by atomic mass is 32.1. The molecule has 7 nitrogen and oxygen atoms in total. The van der Waals surface area contributed by atoms with Crippen molar-refractivity contribution in [3.05, 3.63) is 46.1 Å². The molecule has 1 aromatic carbocycles. The second-order valence-electron chi connectivity index (χ2n) is 13.8. The van der Waals surface area contributed by atoms with E-state index in [1.165, 1.54) is 11.1 Å². The Balaban J connectivity index is 1.56. The minimum Gasteiger partial charge on any atom is -0.470 e. The normalized spacial score (nSPS) is 16.0. The third kappa shape index (κ3) is 6.55. The first-order chi connectivity index (χ1) is 18.1. The van der Waals surface area contributed by atoms with Gasteiger partial charge < -0.3 is 16.2 Å². The Hall–Kier alpha value is -2.71. The van der Waals surface area contributed by atoms with E-state index in [-0.39, 0.29) is 22.2 Å². The zero-order chi connectivity index (χ0) is 28.8. The average Bonchev–Trinajstić information content (AvgIpc) is 3.23. The molecule has 3 aromatic rings. The fourth-order valence-corrected chi connectivity index (χ4v) is 6.59. The van der Waals surface area contributed by atoms with Crippen molar-refractivity contribution in [2.45, 2.75) is 104 Å². The van der Waals surface area contributed by atoms with E-state index in [1.807, 2.05) is 0 Å². The molecule has 1 saturated heterocycles. The predicted molar refractivity (Wildman–Crippen MR) is 163 cm³/mol. The molecule has 3 heterocycles. The van der Waals surface area contributed by atoms with E-state index < -0.39 is 0 Å². The standard InChI is InChI=1S/C31H46N6OS/c1-29(2,3)21-12-10-11-20(23(21)30(4,5)6)18-38-27-26(33)34-17-22(35-27)24-25(32)36-28(39-24)19-13-15-37(16-14-19)31(7,8)9/h10-12,17,19H,13-16,18,32H2,1-9H3,(H2,33,34). The van der Waals surface area contributed by atoms with Gasteiger partial charge in [0.05, 0.1) is 16.1 Å². The van der Waals surface area contributed by atoms with Gasteiger partial charge in [-0.25, -0.2) is 15.0 Å². The molecule has 39 heavy (non-hydrogen) atoms. The first-order valence-corrected chi connectivity index (χ1v) is 14.8. The van der Waals surface area contributed by atoms with Gasteiger partial charge in [0.2, 0.25) is 0 Å². The summed E-state index contributed by atoms with van der Waals surface area (Å²) >= 11 is 1.61. The lowest BCUT2D eigenvalue weighted by atomic mass is 9.73. The molecule has 8 heteroatoms. The SMILES string of the molecule is CC(C)(C)c1cccc(COc2nc(-c3sc(C4CCN(C(C)(C)C)CC4)nc3N)cnc2N)c1C(C)(C)C. The largest absolute Gasteiger partial charge is 0.470 e. The minimum absolute atomic E-state index is 0.0160. The van der Waals surface area contributed by atoms with Crippen LogP contribution >= 0.6 is 11.3 Å². The predicted octanol–water partition coefficient (Wildman–Crippen LogP) is 6.92. The second-order valence-corrected chi connectivity index (χ2v) is 14.8. The van der Waals surface area contributed by atoms with Gasteiger partial charge in [-0.05, 0) is 74.2 Å². The van der Waals surface area contributed by atoms with Crippen molar-refractivity contribution >= 4 is 23.0 Å². The highest BCUT2D eigenvalue weighted by Gasteiger charge is 2.30. The van der Waals surface area contributed by atoms with Gasteiger partial charge in [-0.2, -0.15) is 0 Å². The van der Waals surface area contributed by atoms with Crippen molar-refractivity contribution in [2.75, 3.05) is 24.6 Å². The topological polar surface area (TPSA) is 103 Å². The Morgan fingerprint density at radius 2 is 1.59 bits per heavy atom. The van der Waals surface area contributed by atoms with E-state index in [1.54, 1.807) is 17.5 Å². The van der Waals surface area contributed by atoms with Crippen LogP contribution in [0.1, 0.15) is 103 Å². The molecule has 0 saturated carbocycles. The molecule has 0 aliphatic carbocycles. The number of piperidine rings is 1. The summed E-state index contributed by atoms with van der Waals surface area (Å²) in [6.45, 7) is 22.8. The third-order valence-electron chi connectivity index (χ3n) is 7.54. The number of hydrogen-bond acceptors (Lipinski definition) is 8. The van der Waals surface area contributed by atoms with Crippen LogP contribution in [0.4, 0.5) is 11.6 Å². The first kappa shape index (κ1) is 29.3. The molecule has 0 amide bonds. The summed E-state index contributed by atoms with van der Waals surface area (Å²) in [5.41, 5.74) is 17.2. The number of anilines is 2. The van der Waals surface area contributed by atoms with Crippen LogP contribution in [0, 0.1) is 0 Å². The van der Waals surface area contributed by atoms with Crippen molar-refractivity contribution in [3.8, 4) is 16.5 Å². The Kier molecular flexibility index (Phi) is 8.03. The van der Waals surface area contributed by atoms with Crippen LogP contribution in [-0.4, -0.2) is 38.5 Å². The Bertz CT molecular complexity index is 1300. The van der Waals surface area contributed by atoms with Gasteiger partial charge >= 0.3 is 0 Å². The van der Waals surface area contributed by atoms with E-state index in [0.717, 1.165) is 41.4 Å². The Morgan fingerprint density at radius 3 is 2.18 bits per heavy atom. The quantitative estimate of drug-likeness (QED) is 0.355. The highest BCUT2D eigenvalue weighted by molar-refractivity contribution is 7.15. The molecule has 0 radical (unpaired) electrons. The van der Waals surface area contributed by atoms with Crippen LogP contribution < -0.4 is 16.2 Å². The summed E-state index contributed by atoms with van der Waals surface area (Å²) in [4.78, 5) is 17.3. The number of likely N-dealkylation sites (tertiary alicyclic amines) is 1. The van der Waals surface area contributed by atoms with Crippen LogP contribution in [0.5, 0.6) is 5.88 Å². The summed E-state index contributed by atoms with van der Waals surface area (Å²) < 4.78 is 6.23.